The first-order valence-corrected chi connectivity index (χ1v) is 11.4. The molecule has 1 N–H and O–H groups in total. The molecule has 0 saturated carbocycles. The number of sulfone groups is 1. The summed E-state index contributed by atoms with van der Waals surface area (Å²) < 4.78 is 43.2. The van der Waals surface area contributed by atoms with Crippen LogP contribution in [0.2, 0.25) is 0 Å². The van der Waals surface area contributed by atoms with Gasteiger partial charge in [-0.25, -0.2) is 8.42 Å². The number of aromatic nitrogens is 1. The zero-order valence-electron chi connectivity index (χ0n) is 17.6. The second-order valence-corrected chi connectivity index (χ2v) is 8.65. The number of anilines is 2. The van der Waals surface area contributed by atoms with Crippen LogP contribution < -0.4 is 14.8 Å². The highest BCUT2D eigenvalue weighted by molar-refractivity contribution is 7.91. The first-order valence-electron chi connectivity index (χ1n) is 9.96. The van der Waals surface area contributed by atoms with Gasteiger partial charge < -0.3 is 19.2 Å². The van der Waals surface area contributed by atoms with E-state index in [9.17, 15) is 8.42 Å². The highest BCUT2D eigenvalue weighted by Gasteiger charge is 2.28. The molecule has 0 aliphatic carbocycles. The second kappa shape index (κ2) is 9.15. The summed E-state index contributed by atoms with van der Waals surface area (Å²) in [4.78, 5) is 4.48. The predicted molar refractivity (Wildman–Crippen MR) is 121 cm³/mol. The Labute approximate surface area is 186 Å². The Morgan fingerprint density at radius 2 is 1.56 bits per heavy atom. The van der Waals surface area contributed by atoms with Gasteiger partial charge in [0.1, 0.15) is 11.5 Å². The van der Waals surface area contributed by atoms with Crippen LogP contribution in [0.5, 0.6) is 11.5 Å². The fourth-order valence-corrected chi connectivity index (χ4v) is 4.35. The normalized spacial score (nSPS) is 11.2. The van der Waals surface area contributed by atoms with Crippen LogP contribution in [0, 0.1) is 0 Å². The molecule has 0 fully saturated rings. The lowest BCUT2D eigenvalue weighted by Crippen LogP contribution is -2.05. The molecule has 3 aromatic carbocycles. The van der Waals surface area contributed by atoms with Crippen LogP contribution in [0.15, 0.2) is 93.2 Å². The largest absolute Gasteiger partial charge is 0.497 e. The average molecular weight is 451 g/mol. The third-order valence-corrected chi connectivity index (χ3v) is 6.34. The summed E-state index contributed by atoms with van der Waals surface area (Å²) in [5, 5.41) is 2.84. The molecular weight excluding hydrogens is 428 g/mol. The summed E-state index contributed by atoms with van der Waals surface area (Å²) >= 11 is 0. The quantitative estimate of drug-likeness (QED) is 0.388. The number of nitrogens with one attached hydrogen (secondary N) is 1. The molecule has 1 heterocycles. The first-order chi connectivity index (χ1) is 15.5. The molecule has 0 aliphatic rings. The highest BCUT2D eigenvalue weighted by Crippen LogP contribution is 2.34. The van der Waals surface area contributed by atoms with Crippen LogP contribution in [0.4, 0.5) is 11.6 Å². The molecule has 0 spiro atoms. The number of ether oxygens (including phenoxy) is 2. The van der Waals surface area contributed by atoms with Gasteiger partial charge in [-0.1, -0.05) is 18.2 Å². The molecule has 0 radical (unpaired) electrons. The van der Waals surface area contributed by atoms with Crippen molar-refractivity contribution >= 4 is 21.4 Å². The third-order valence-electron chi connectivity index (χ3n) is 4.66. The van der Waals surface area contributed by atoms with Crippen molar-refractivity contribution in [2.45, 2.75) is 16.8 Å². The molecule has 4 rings (SSSR count). The van der Waals surface area contributed by atoms with Gasteiger partial charge in [-0.05, 0) is 67.6 Å². The Kier molecular flexibility index (Phi) is 6.13. The Morgan fingerprint density at radius 1 is 0.906 bits per heavy atom. The molecule has 0 amide bonds. The lowest BCUT2D eigenvalue weighted by atomic mass is 10.2. The minimum absolute atomic E-state index is 0.0305. The van der Waals surface area contributed by atoms with E-state index < -0.39 is 9.84 Å². The summed E-state index contributed by atoms with van der Waals surface area (Å²) in [6.07, 6.45) is 0. The second-order valence-electron chi connectivity index (χ2n) is 6.78. The van der Waals surface area contributed by atoms with E-state index >= 15 is 0 Å². The maximum absolute atomic E-state index is 13.3. The minimum atomic E-state index is -3.92. The summed E-state index contributed by atoms with van der Waals surface area (Å²) in [6, 6.07) is 22.3. The zero-order valence-corrected chi connectivity index (χ0v) is 18.4. The molecule has 0 atom stereocenters. The Bertz CT molecular complexity index is 1280. The van der Waals surface area contributed by atoms with Crippen molar-refractivity contribution in [2.24, 2.45) is 0 Å². The van der Waals surface area contributed by atoms with Gasteiger partial charge in [0.15, 0.2) is 0 Å². The fraction of sp³-hybridized carbons (Fsp3) is 0.125. The van der Waals surface area contributed by atoms with Crippen LogP contribution >= 0.6 is 0 Å². The number of oxazole rings is 1. The Morgan fingerprint density at radius 3 is 2.19 bits per heavy atom. The van der Waals surface area contributed by atoms with Crippen LogP contribution in [-0.4, -0.2) is 27.1 Å². The van der Waals surface area contributed by atoms with E-state index in [0.29, 0.717) is 29.4 Å². The van der Waals surface area contributed by atoms with Gasteiger partial charge in [0.2, 0.25) is 26.6 Å². The van der Waals surface area contributed by atoms with Gasteiger partial charge in [0, 0.05) is 11.3 Å². The van der Waals surface area contributed by atoms with E-state index in [0.717, 1.165) is 0 Å². The van der Waals surface area contributed by atoms with Crippen molar-refractivity contribution < 1.29 is 22.3 Å². The average Bonchev–Trinajstić information content (AvgIpc) is 3.25. The fourth-order valence-electron chi connectivity index (χ4n) is 3.07. The maximum Gasteiger partial charge on any atom is 0.238 e. The van der Waals surface area contributed by atoms with E-state index in [2.05, 4.69) is 10.3 Å². The van der Waals surface area contributed by atoms with Crippen molar-refractivity contribution in [1.29, 1.82) is 0 Å². The Hall–Kier alpha value is -3.78. The molecule has 32 heavy (non-hydrogen) atoms. The molecule has 4 aromatic rings. The van der Waals surface area contributed by atoms with Crippen molar-refractivity contribution in [1.82, 2.24) is 4.98 Å². The topological polar surface area (TPSA) is 90.7 Å². The van der Waals surface area contributed by atoms with Crippen LogP contribution in [0.1, 0.15) is 6.92 Å². The number of hydrogen-bond donors (Lipinski definition) is 1. The lowest BCUT2D eigenvalue weighted by molar-refractivity contribution is 0.340. The number of nitrogens with zero attached hydrogens (tertiary/aromatic N) is 1. The van der Waals surface area contributed by atoms with E-state index in [4.69, 9.17) is 13.9 Å². The van der Waals surface area contributed by atoms with Gasteiger partial charge in [-0.3, -0.25) is 0 Å². The van der Waals surface area contributed by atoms with Gasteiger partial charge in [0.25, 0.3) is 0 Å². The van der Waals surface area contributed by atoms with Crippen LogP contribution in [0.3, 0.4) is 0 Å². The molecular formula is C24H22N2O5S. The summed E-state index contributed by atoms with van der Waals surface area (Å²) in [6.45, 7) is 2.45. The molecule has 8 heteroatoms. The molecule has 164 valence electrons. The van der Waals surface area contributed by atoms with Gasteiger partial charge in [-0.15, -0.1) is 0 Å². The number of rotatable bonds is 8. The SMILES string of the molecule is CCOc1ccc(-c2nc(S(=O)(=O)c3ccccc3)c(Nc3ccc(OC)cc3)o2)cc1. The van der Waals surface area contributed by atoms with Crippen molar-refractivity contribution in [2.75, 3.05) is 19.0 Å². The predicted octanol–water partition coefficient (Wildman–Crippen LogP) is 5.33. The van der Waals surface area contributed by atoms with Crippen molar-refractivity contribution in [3.05, 3.63) is 78.9 Å². The highest BCUT2D eigenvalue weighted by atomic mass is 32.2. The summed E-state index contributed by atoms with van der Waals surface area (Å²) in [5.74, 6) is 1.60. The van der Waals surface area contributed by atoms with E-state index in [1.54, 1.807) is 73.8 Å². The zero-order chi connectivity index (χ0) is 22.6. The molecule has 0 unspecified atom stereocenters. The van der Waals surface area contributed by atoms with Gasteiger partial charge in [0.05, 0.1) is 18.6 Å². The molecule has 0 bridgehead atoms. The maximum atomic E-state index is 13.3. The molecule has 0 saturated heterocycles. The monoisotopic (exact) mass is 450 g/mol. The number of hydrogen-bond acceptors (Lipinski definition) is 7. The summed E-state index contributed by atoms with van der Waals surface area (Å²) in [5.41, 5.74) is 1.26. The van der Waals surface area contributed by atoms with Gasteiger partial charge in [-0.2, -0.15) is 4.98 Å². The molecule has 0 aliphatic heterocycles. The molecule has 7 nitrogen and oxygen atoms in total. The van der Waals surface area contributed by atoms with Gasteiger partial charge >= 0.3 is 0 Å². The van der Waals surface area contributed by atoms with E-state index in [-0.39, 0.29) is 21.7 Å². The van der Waals surface area contributed by atoms with E-state index in [1.165, 1.54) is 12.1 Å². The van der Waals surface area contributed by atoms with Crippen molar-refractivity contribution in [3.63, 3.8) is 0 Å². The third kappa shape index (κ3) is 4.45. The smallest absolute Gasteiger partial charge is 0.238 e. The Balaban J connectivity index is 1.77. The van der Waals surface area contributed by atoms with Crippen LogP contribution in [-0.2, 0) is 9.84 Å². The standard InChI is InChI=1S/C24H22N2O5S/c1-3-30-20-13-9-17(10-14-20)22-26-24(32(27,28)21-7-5-4-6-8-21)23(31-22)25-18-11-15-19(29-2)16-12-18/h4-16,25H,3H2,1-2H3. The van der Waals surface area contributed by atoms with E-state index in [1.807, 2.05) is 6.92 Å². The lowest BCUT2D eigenvalue weighted by Gasteiger charge is -2.07. The first kappa shape index (κ1) is 21.5. The van der Waals surface area contributed by atoms with Crippen molar-refractivity contribution in [3.8, 4) is 23.0 Å². The summed E-state index contributed by atoms with van der Waals surface area (Å²) in [7, 11) is -2.35. The van der Waals surface area contributed by atoms with Crippen LogP contribution in [0.25, 0.3) is 11.5 Å². The number of methoxy groups -OCH3 is 1. The molecule has 1 aromatic heterocycles. The minimum Gasteiger partial charge on any atom is -0.497 e. The number of benzene rings is 3.